The Bertz CT molecular complexity index is 404. The van der Waals surface area contributed by atoms with Crippen LogP contribution in [0.1, 0.15) is 46.0 Å². The van der Waals surface area contributed by atoms with Crippen LogP contribution in [0.5, 0.6) is 0 Å². The standard InChI is InChI=1S/C15H27N3O2/c1-14(2)12-11(7-8-20-12)15(14,17)13(19)18-10-5-3-9(16)4-6-10/h9-12H,3-8,16-17H2,1-2H3,(H,18,19). The first-order valence-corrected chi connectivity index (χ1v) is 7.84. The van der Waals surface area contributed by atoms with Crippen LogP contribution in [-0.4, -0.2) is 36.2 Å². The molecule has 3 atom stereocenters. The molecule has 0 spiro atoms. The zero-order valence-electron chi connectivity index (χ0n) is 12.5. The van der Waals surface area contributed by atoms with Crippen LogP contribution < -0.4 is 16.8 Å². The number of carbonyl (C=O) groups excluding carboxylic acids is 1. The van der Waals surface area contributed by atoms with Crippen LogP contribution in [-0.2, 0) is 9.53 Å². The van der Waals surface area contributed by atoms with E-state index in [1.807, 2.05) is 0 Å². The fourth-order valence-corrected chi connectivity index (χ4v) is 4.41. The van der Waals surface area contributed by atoms with Crippen molar-refractivity contribution in [1.29, 1.82) is 0 Å². The van der Waals surface area contributed by atoms with Crippen molar-refractivity contribution in [3.63, 3.8) is 0 Å². The van der Waals surface area contributed by atoms with Crippen LogP contribution in [0.3, 0.4) is 0 Å². The third-order valence-corrected chi connectivity index (χ3v) is 5.94. The zero-order chi connectivity index (χ0) is 14.5. The number of ether oxygens (including phenoxy) is 1. The number of nitrogens with two attached hydrogens (primary N) is 2. The highest BCUT2D eigenvalue weighted by atomic mass is 16.5. The van der Waals surface area contributed by atoms with Crippen molar-refractivity contribution in [3.8, 4) is 0 Å². The average Bonchev–Trinajstić information content (AvgIpc) is 2.88. The fraction of sp³-hybridized carbons (Fsp3) is 0.933. The molecule has 0 aromatic rings. The van der Waals surface area contributed by atoms with Gasteiger partial charge in [-0.05, 0) is 32.1 Å². The predicted molar refractivity (Wildman–Crippen MR) is 76.9 cm³/mol. The molecule has 3 fully saturated rings. The van der Waals surface area contributed by atoms with Crippen LogP contribution in [0.15, 0.2) is 0 Å². The lowest BCUT2D eigenvalue weighted by atomic mass is 9.48. The Hall–Kier alpha value is -0.650. The Morgan fingerprint density at radius 3 is 2.50 bits per heavy atom. The van der Waals surface area contributed by atoms with Gasteiger partial charge in [-0.25, -0.2) is 0 Å². The number of hydrogen-bond donors (Lipinski definition) is 3. The Labute approximate surface area is 120 Å². The second kappa shape index (κ2) is 4.68. The highest BCUT2D eigenvalue weighted by molar-refractivity contribution is 5.89. The molecule has 3 aliphatic rings. The summed E-state index contributed by atoms with van der Waals surface area (Å²) in [5.74, 6) is 0.179. The third kappa shape index (κ3) is 1.83. The van der Waals surface area contributed by atoms with Gasteiger partial charge in [0.25, 0.3) is 0 Å². The molecular formula is C15H27N3O2. The fourth-order valence-electron chi connectivity index (χ4n) is 4.41. The second-order valence-electron chi connectivity index (χ2n) is 7.36. The maximum atomic E-state index is 12.7. The van der Waals surface area contributed by atoms with Crippen molar-refractivity contribution in [2.75, 3.05) is 6.61 Å². The summed E-state index contributed by atoms with van der Waals surface area (Å²) in [6.07, 6.45) is 4.94. The molecule has 2 aliphatic carbocycles. The minimum atomic E-state index is -0.784. The summed E-state index contributed by atoms with van der Waals surface area (Å²) in [4.78, 5) is 12.7. The molecule has 5 N–H and O–H groups in total. The Kier molecular flexibility index (Phi) is 3.35. The Morgan fingerprint density at radius 2 is 1.85 bits per heavy atom. The summed E-state index contributed by atoms with van der Waals surface area (Å²) in [5, 5.41) is 3.18. The molecule has 0 radical (unpaired) electrons. The lowest BCUT2D eigenvalue weighted by Crippen LogP contribution is -2.80. The largest absolute Gasteiger partial charge is 0.377 e. The van der Waals surface area contributed by atoms with Crippen LogP contribution in [0.25, 0.3) is 0 Å². The average molecular weight is 281 g/mol. The lowest BCUT2D eigenvalue weighted by Gasteiger charge is -2.61. The summed E-state index contributed by atoms with van der Waals surface area (Å²) in [5.41, 5.74) is 11.4. The van der Waals surface area contributed by atoms with Crippen LogP contribution >= 0.6 is 0 Å². The van der Waals surface area contributed by atoms with Gasteiger partial charge in [0.05, 0.1) is 6.10 Å². The molecule has 1 heterocycles. The first-order valence-electron chi connectivity index (χ1n) is 7.84. The molecule has 0 bridgehead atoms. The number of carbonyl (C=O) groups is 1. The maximum Gasteiger partial charge on any atom is 0.241 e. The van der Waals surface area contributed by atoms with Crippen molar-refractivity contribution in [2.45, 2.75) is 69.7 Å². The third-order valence-electron chi connectivity index (χ3n) is 5.94. The van der Waals surface area contributed by atoms with Crippen LogP contribution in [0.2, 0.25) is 0 Å². The summed E-state index contributed by atoms with van der Waals surface area (Å²) in [7, 11) is 0. The van der Waals surface area contributed by atoms with E-state index in [2.05, 4.69) is 19.2 Å². The van der Waals surface area contributed by atoms with Crippen molar-refractivity contribution < 1.29 is 9.53 Å². The summed E-state index contributed by atoms with van der Waals surface area (Å²) in [6.45, 7) is 4.83. The highest BCUT2D eigenvalue weighted by Crippen LogP contribution is 2.58. The molecule has 1 amide bonds. The van der Waals surface area contributed by atoms with Gasteiger partial charge < -0.3 is 21.5 Å². The number of fused-ring (bicyclic) bond motifs is 1. The molecule has 1 aliphatic heterocycles. The van der Waals surface area contributed by atoms with E-state index in [9.17, 15) is 4.79 Å². The Morgan fingerprint density at radius 1 is 1.20 bits per heavy atom. The summed E-state index contributed by atoms with van der Waals surface area (Å²) < 4.78 is 5.74. The van der Waals surface area contributed by atoms with Gasteiger partial charge in [-0.1, -0.05) is 13.8 Å². The van der Waals surface area contributed by atoms with Gasteiger partial charge in [0.15, 0.2) is 0 Å². The molecule has 114 valence electrons. The van der Waals surface area contributed by atoms with E-state index in [-0.39, 0.29) is 29.4 Å². The van der Waals surface area contributed by atoms with Gasteiger partial charge in [0, 0.05) is 30.0 Å². The number of rotatable bonds is 2. The van der Waals surface area contributed by atoms with E-state index >= 15 is 0 Å². The molecule has 0 aromatic heterocycles. The van der Waals surface area contributed by atoms with Crippen molar-refractivity contribution in [2.24, 2.45) is 22.8 Å². The molecular weight excluding hydrogens is 254 g/mol. The van der Waals surface area contributed by atoms with Crippen molar-refractivity contribution in [1.82, 2.24) is 5.32 Å². The minimum Gasteiger partial charge on any atom is -0.377 e. The van der Waals surface area contributed by atoms with Gasteiger partial charge in [-0.3, -0.25) is 4.79 Å². The molecule has 2 saturated carbocycles. The zero-order valence-corrected chi connectivity index (χ0v) is 12.5. The number of nitrogens with one attached hydrogen (secondary N) is 1. The topological polar surface area (TPSA) is 90.4 Å². The number of hydrogen-bond acceptors (Lipinski definition) is 4. The maximum absolute atomic E-state index is 12.7. The monoisotopic (exact) mass is 281 g/mol. The van der Waals surface area contributed by atoms with E-state index in [1.54, 1.807) is 0 Å². The van der Waals surface area contributed by atoms with Gasteiger partial charge in [0.2, 0.25) is 5.91 Å². The summed E-state index contributed by atoms with van der Waals surface area (Å²) >= 11 is 0. The van der Waals surface area contributed by atoms with Gasteiger partial charge in [-0.15, -0.1) is 0 Å². The predicted octanol–water partition coefficient (Wildman–Crippen LogP) is 0.515. The molecule has 5 nitrogen and oxygen atoms in total. The molecule has 0 aromatic carbocycles. The first kappa shape index (κ1) is 14.3. The molecule has 3 unspecified atom stereocenters. The molecule has 1 saturated heterocycles. The van der Waals surface area contributed by atoms with E-state index in [0.29, 0.717) is 6.04 Å². The van der Waals surface area contributed by atoms with Gasteiger partial charge >= 0.3 is 0 Å². The Balaban J connectivity index is 1.67. The van der Waals surface area contributed by atoms with E-state index in [0.717, 1.165) is 38.7 Å². The SMILES string of the molecule is CC1(C)C2OCCC2C1(N)C(=O)NC1CCC(N)CC1. The van der Waals surface area contributed by atoms with Crippen LogP contribution in [0.4, 0.5) is 0 Å². The van der Waals surface area contributed by atoms with E-state index in [1.165, 1.54) is 0 Å². The lowest BCUT2D eigenvalue weighted by molar-refractivity contribution is -0.176. The smallest absolute Gasteiger partial charge is 0.241 e. The summed E-state index contributed by atoms with van der Waals surface area (Å²) in [6, 6.07) is 0.530. The van der Waals surface area contributed by atoms with Crippen molar-refractivity contribution in [3.05, 3.63) is 0 Å². The molecule has 5 heteroatoms. The molecule has 3 rings (SSSR count). The first-order chi connectivity index (χ1) is 9.37. The van der Waals surface area contributed by atoms with E-state index < -0.39 is 5.54 Å². The van der Waals surface area contributed by atoms with Gasteiger partial charge in [-0.2, -0.15) is 0 Å². The number of amides is 1. The van der Waals surface area contributed by atoms with Crippen LogP contribution in [0, 0.1) is 11.3 Å². The second-order valence-corrected chi connectivity index (χ2v) is 7.36. The quantitative estimate of drug-likeness (QED) is 0.688. The minimum absolute atomic E-state index is 0.00900. The normalized spacial score (nSPS) is 46.4. The van der Waals surface area contributed by atoms with E-state index in [4.69, 9.17) is 16.2 Å². The van der Waals surface area contributed by atoms with Crippen molar-refractivity contribution >= 4 is 5.91 Å². The molecule has 20 heavy (non-hydrogen) atoms. The highest BCUT2D eigenvalue weighted by Gasteiger charge is 2.71. The van der Waals surface area contributed by atoms with Gasteiger partial charge in [0.1, 0.15) is 5.54 Å².